The summed E-state index contributed by atoms with van der Waals surface area (Å²) in [5.74, 6) is -0.0726. The van der Waals surface area contributed by atoms with Crippen molar-refractivity contribution in [1.82, 2.24) is 0 Å². The van der Waals surface area contributed by atoms with Crippen LogP contribution in [0.5, 0.6) is 0 Å². The quantitative estimate of drug-likeness (QED) is 0.562. The number of fused-ring (bicyclic) bond motifs is 2. The van der Waals surface area contributed by atoms with Crippen molar-refractivity contribution in [3.8, 4) is 0 Å². The molecule has 3 nitrogen and oxygen atoms in total. The van der Waals surface area contributed by atoms with Crippen molar-refractivity contribution >= 4 is 14.3 Å². The van der Waals surface area contributed by atoms with Gasteiger partial charge >= 0.3 is 5.97 Å². The Morgan fingerprint density at radius 3 is 2.35 bits per heavy atom. The maximum absolute atomic E-state index is 11.7. The summed E-state index contributed by atoms with van der Waals surface area (Å²) in [6.07, 6.45) is 1.79. The van der Waals surface area contributed by atoms with Gasteiger partial charge in [-0.15, -0.1) is 0 Å². The maximum Gasteiger partial charge on any atom is 0.312 e. The molecule has 0 aromatic heterocycles. The molecular weight excluding hydrogens is 232 g/mol. The monoisotopic (exact) mass is 256 g/mol. The van der Waals surface area contributed by atoms with Gasteiger partial charge in [-0.2, -0.15) is 0 Å². The highest BCUT2D eigenvalue weighted by Crippen LogP contribution is 2.49. The standard InChI is InChI=1S/C13H24O3Si/c1-12(2,3)17(5,6)16-10-8-13(4)7-9(10)11(14)15-13/h9-10H,7-8H2,1-6H3/t9-,10+,13+/m1/s1. The van der Waals surface area contributed by atoms with Gasteiger partial charge in [0.1, 0.15) is 5.60 Å². The molecule has 3 atom stereocenters. The zero-order valence-electron chi connectivity index (χ0n) is 11.8. The lowest BCUT2D eigenvalue weighted by Gasteiger charge is -2.40. The highest BCUT2D eigenvalue weighted by atomic mass is 28.4. The van der Waals surface area contributed by atoms with Crippen LogP contribution in [0.1, 0.15) is 40.5 Å². The van der Waals surface area contributed by atoms with Crippen LogP contribution in [0, 0.1) is 5.92 Å². The molecule has 0 spiro atoms. The van der Waals surface area contributed by atoms with E-state index in [0.29, 0.717) is 0 Å². The Morgan fingerprint density at radius 1 is 1.35 bits per heavy atom. The van der Waals surface area contributed by atoms with Crippen LogP contribution < -0.4 is 0 Å². The fraction of sp³-hybridized carbons (Fsp3) is 0.923. The molecule has 98 valence electrons. The molecule has 1 aliphatic heterocycles. The molecule has 0 unspecified atom stereocenters. The number of hydrogen-bond acceptors (Lipinski definition) is 3. The summed E-state index contributed by atoms with van der Waals surface area (Å²) in [5, 5.41) is 0.194. The van der Waals surface area contributed by atoms with Crippen molar-refractivity contribution < 1.29 is 14.0 Å². The van der Waals surface area contributed by atoms with E-state index in [2.05, 4.69) is 33.9 Å². The second kappa shape index (κ2) is 3.57. The highest BCUT2D eigenvalue weighted by Gasteiger charge is 2.57. The molecule has 17 heavy (non-hydrogen) atoms. The average Bonchev–Trinajstić information content (AvgIpc) is 2.52. The van der Waals surface area contributed by atoms with Crippen molar-refractivity contribution in [2.24, 2.45) is 5.92 Å². The SMILES string of the molecule is CC(C)(C)[Si](C)(C)O[C@H]1C[C@]2(C)C[C@H]1C(=O)O2. The maximum atomic E-state index is 11.7. The van der Waals surface area contributed by atoms with Gasteiger partial charge in [0, 0.05) is 12.8 Å². The molecule has 0 N–H and O–H groups in total. The van der Waals surface area contributed by atoms with Crippen LogP contribution in [0.3, 0.4) is 0 Å². The predicted octanol–water partition coefficient (Wildman–Crippen LogP) is 3.10. The number of ether oxygens (including phenoxy) is 1. The van der Waals surface area contributed by atoms with Gasteiger partial charge in [0.25, 0.3) is 0 Å². The molecular formula is C13H24O3Si. The summed E-state index contributed by atoms with van der Waals surface area (Å²) in [5.41, 5.74) is -0.255. The number of carbonyl (C=O) groups is 1. The van der Waals surface area contributed by atoms with Crippen LogP contribution in [-0.4, -0.2) is 26.0 Å². The first kappa shape index (κ1) is 13.1. The molecule has 0 aromatic rings. The lowest BCUT2D eigenvalue weighted by Crippen LogP contribution is -2.47. The molecule has 2 fully saturated rings. The van der Waals surface area contributed by atoms with Crippen LogP contribution in [0.15, 0.2) is 0 Å². The second-order valence-electron chi connectivity index (χ2n) is 7.30. The summed E-state index contributed by atoms with van der Waals surface area (Å²) in [6, 6.07) is 0. The topological polar surface area (TPSA) is 35.5 Å². The van der Waals surface area contributed by atoms with Crippen LogP contribution in [0.25, 0.3) is 0 Å². The number of rotatable bonds is 2. The van der Waals surface area contributed by atoms with Gasteiger partial charge in [-0.3, -0.25) is 4.79 Å². The van der Waals surface area contributed by atoms with Crippen LogP contribution in [0.2, 0.25) is 18.1 Å². The summed E-state index contributed by atoms with van der Waals surface area (Å²) in [7, 11) is -1.78. The van der Waals surface area contributed by atoms with Gasteiger partial charge in [0.05, 0.1) is 12.0 Å². The van der Waals surface area contributed by atoms with E-state index in [1.807, 2.05) is 6.92 Å². The third-order valence-corrected chi connectivity index (χ3v) is 9.14. The Balaban J connectivity index is 2.10. The Hall–Kier alpha value is -0.353. The Morgan fingerprint density at radius 2 is 1.94 bits per heavy atom. The zero-order chi connectivity index (χ0) is 13.1. The molecule has 1 saturated carbocycles. The normalized spacial score (nSPS) is 37.4. The molecule has 0 radical (unpaired) electrons. The van der Waals surface area contributed by atoms with E-state index in [-0.39, 0.29) is 28.6 Å². The van der Waals surface area contributed by atoms with Gasteiger partial charge in [-0.1, -0.05) is 20.8 Å². The lowest BCUT2D eigenvalue weighted by molar-refractivity contribution is -0.159. The first-order valence-corrected chi connectivity index (χ1v) is 9.36. The summed E-state index contributed by atoms with van der Waals surface area (Å²) in [4.78, 5) is 11.7. The first-order valence-electron chi connectivity index (χ1n) is 6.45. The molecule has 1 aliphatic carbocycles. The summed E-state index contributed by atoms with van der Waals surface area (Å²) in [6.45, 7) is 13.2. The smallest absolute Gasteiger partial charge is 0.312 e. The molecule has 2 aliphatic rings. The van der Waals surface area contributed by atoms with E-state index in [1.165, 1.54) is 0 Å². The van der Waals surface area contributed by atoms with Crippen LogP contribution in [-0.2, 0) is 14.0 Å². The largest absolute Gasteiger partial charge is 0.459 e. The van der Waals surface area contributed by atoms with Crippen molar-refractivity contribution in [3.63, 3.8) is 0 Å². The molecule has 1 heterocycles. The number of carbonyl (C=O) groups excluding carboxylic acids is 1. The molecule has 2 bridgehead atoms. The fourth-order valence-electron chi connectivity index (χ4n) is 2.56. The summed E-state index contributed by atoms with van der Waals surface area (Å²) >= 11 is 0. The molecule has 0 amide bonds. The minimum atomic E-state index is -1.78. The van der Waals surface area contributed by atoms with E-state index in [4.69, 9.17) is 9.16 Å². The van der Waals surface area contributed by atoms with Gasteiger partial charge in [0.15, 0.2) is 8.32 Å². The van der Waals surface area contributed by atoms with Gasteiger partial charge in [-0.05, 0) is 25.1 Å². The Labute approximate surface area is 105 Å². The average molecular weight is 256 g/mol. The van der Waals surface area contributed by atoms with Gasteiger partial charge < -0.3 is 9.16 Å². The second-order valence-corrected chi connectivity index (χ2v) is 12.1. The van der Waals surface area contributed by atoms with Gasteiger partial charge in [0.2, 0.25) is 0 Å². The zero-order valence-corrected chi connectivity index (χ0v) is 12.8. The Bertz CT molecular complexity index is 345. The highest BCUT2D eigenvalue weighted by molar-refractivity contribution is 6.74. The Kier molecular flexibility index (Phi) is 2.75. The molecule has 2 rings (SSSR count). The summed E-state index contributed by atoms with van der Waals surface area (Å²) < 4.78 is 11.7. The predicted molar refractivity (Wildman–Crippen MR) is 69.3 cm³/mol. The van der Waals surface area contributed by atoms with E-state index < -0.39 is 8.32 Å². The molecule has 1 saturated heterocycles. The van der Waals surface area contributed by atoms with E-state index in [0.717, 1.165) is 12.8 Å². The van der Waals surface area contributed by atoms with Gasteiger partial charge in [-0.25, -0.2) is 0 Å². The molecule has 4 heteroatoms. The lowest BCUT2D eigenvalue weighted by atomic mass is 10.1. The first-order chi connectivity index (χ1) is 7.54. The van der Waals surface area contributed by atoms with Crippen LogP contribution in [0.4, 0.5) is 0 Å². The fourth-order valence-corrected chi connectivity index (χ4v) is 3.92. The van der Waals surface area contributed by atoms with Crippen molar-refractivity contribution in [2.45, 2.75) is 70.4 Å². The third kappa shape index (κ3) is 2.17. The molecule has 0 aromatic carbocycles. The van der Waals surface area contributed by atoms with Crippen molar-refractivity contribution in [3.05, 3.63) is 0 Å². The third-order valence-electron chi connectivity index (χ3n) is 4.64. The van der Waals surface area contributed by atoms with Crippen molar-refractivity contribution in [2.75, 3.05) is 0 Å². The van der Waals surface area contributed by atoms with E-state index in [1.54, 1.807) is 0 Å². The minimum absolute atomic E-state index is 0.0193. The number of hydrogen-bond donors (Lipinski definition) is 0. The number of esters is 1. The van der Waals surface area contributed by atoms with E-state index >= 15 is 0 Å². The minimum Gasteiger partial charge on any atom is -0.459 e. The van der Waals surface area contributed by atoms with Crippen LogP contribution >= 0.6 is 0 Å². The van der Waals surface area contributed by atoms with E-state index in [9.17, 15) is 4.79 Å². The van der Waals surface area contributed by atoms with Crippen molar-refractivity contribution in [1.29, 1.82) is 0 Å².